The van der Waals surface area contributed by atoms with Crippen LogP contribution < -0.4 is 0 Å². The third-order valence-electron chi connectivity index (χ3n) is 2.09. The van der Waals surface area contributed by atoms with E-state index in [2.05, 4.69) is 4.98 Å². The van der Waals surface area contributed by atoms with E-state index in [-0.39, 0.29) is 5.56 Å². The first-order chi connectivity index (χ1) is 6.66. The predicted molar refractivity (Wildman–Crippen MR) is 53.4 cm³/mol. The topological polar surface area (TPSA) is 50.2 Å². The van der Waals surface area contributed by atoms with E-state index < -0.39 is 5.97 Å². The molecule has 0 unspecified atom stereocenters. The fraction of sp³-hybridized carbons (Fsp3) is 0.0909. The Morgan fingerprint density at radius 2 is 2.14 bits per heavy atom. The Hall–Kier alpha value is -1.90. The van der Waals surface area contributed by atoms with Crippen LogP contribution in [-0.4, -0.2) is 16.1 Å². The zero-order chi connectivity index (χ0) is 10.1. The zero-order valence-electron chi connectivity index (χ0n) is 7.69. The maximum absolute atomic E-state index is 10.7. The lowest BCUT2D eigenvalue weighted by molar-refractivity contribution is 0.0696. The summed E-state index contributed by atoms with van der Waals surface area (Å²) in [6.45, 7) is 1.98. The summed E-state index contributed by atoms with van der Waals surface area (Å²) in [6, 6.07) is 7.38. The molecule has 0 atom stereocenters. The monoisotopic (exact) mass is 187 g/mol. The van der Waals surface area contributed by atoms with E-state index in [4.69, 9.17) is 5.11 Å². The minimum Gasteiger partial charge on any atom is -0.478 e. The molecule has 1 aromatic heterocycles. The summed E-state index contributed by atoms with van der Waals surface area (Å²) in [5.74, 6) is -0.944. The second-order valence-corrected chi connectivity index (χ2v) is 3.23. The number of carboxylic acid groups (broad SMARTS) is 1. The Balaban J connectivity index is 2.67. The van der Waals surface area contributed by atoms with E-state index in [0.717, 1.165) is 16.5 Å². The molecule has 14 heavy (non-hydrogen) atoms. The van der Waals surface area contributed by atoms with Gasteiger partial charge in [0, 0.05) is 11.6 Å². The molecule has 3 heteroatoms. The second kappa shape index (κ2) is 3.10. The van der Waals surface area contributed by atoms with Crippen LogP contribution >= 0.6 is 0 Å². The molecule has 0 radical (unpaired) electrons. The number of aromatic carboxylic acids is 1. The molecule has 0 aliphatic carbocycles. The van der Waals surface area contributed by atoms with Gasteiger partial charge in [0.25, 0.3) is 0 Å². The van der Waals surface area contributed by atoms with E-state index >= 15 is 0 Å². The first-order valence-corrected chi connectivity index (χ1v) is 4.26. The third-order valence-corrected chi connectivity index (χ3v) is 2.09. The van der Waals surface area contributed by atoms with E-state index in [1.807, 2.05) is 25.1 Å². The number of rotatable bonds is 1. The summed E-state index contributed by atoms with van der Waals surface area (Å²) in [7, 11) is 0. The second-order valence-electron chi connectivity index (χ2n) is 3.23. The van der Waals surface area contributed by atoms with Crippen LogP contribution in [0.4, 0.5) is 0 Å². The van der Waals surface area contributed by atoms with Crippen molar-refractivity contribution in [3.63, 3.8) is 0 Å². The number of nitrogens with zero attached hydrogens (tertiary/aromatic N) is 1. The largest absolute Gasteiger partial charge is 0.478 e. The molecule has 0 saturated carbocycles. The first-order valence-electron chi connectivity index (χ1n) is 4.26. The molecule has 0 aliphatic rings. The number of benzene rings is 1. The number of aromatic nitrogens is 1. The van der Waals surface area contributed by atoms with Gasteiger partial charge in [-0.25, -0.2) is 4.79 Å². The molecule has 1 heterocycles. The Morgan fingerprint density at radius 3 is 2.86 bits per heavy atom. The van der Waals surface area contributed by atoms with Crippen LogP contribution in [0.3, 0.4) is 0 Å². The standard InChI is InChI=1S/C11H9NO2/c1-7-2-3-8-5-9(11(13)14)6-12-10(8)4-7/h2-6H,1H3,(H,13,14). The third kappa shape index (κ3) is 1.44. The van der Waals surface area contributed by atoms with Gasteiger partial charge < -0.3 is 5.11 Å². The van der Waals surface area contributed by atoms with Gasteiger partial charge in [-0.2, -0.15) is 0 Å². The molecule has 0 spiro atoms. The molecule has 2 aromatic rings. The molecule has 0 fully saturated rings. The fourth-order valence-electron chi connectivity index (χ4n) is 1.35. The van der Waals surface area contributed by atoms with E-state index in [1.54, 1.807) is 6.07 Å². The van der Waals surface area contributed by atoms with Crippen LogP contribution in [-0.2, 0) is 0 Å². The van der Waals surface area contributed by atoms with Gasteiger partial charge in [0.05, 0.1) is 11.1 Å². The number of carbonyl (C=O) groups is 1. The van der Waals surface area contributed by atoms with Crippen LogP contribution in [0.25, 0.3) is 10.9 Å². The SMILES string of the molecule is Cc1ccc2cc(C(=O)O)cnc2c1. The van der Waals surface area contributed by atoms with Crippen LogP contribution in [0.15, 0.2) is 30.5 Å². The number of aryl methyl sites for hydroxylation is 1. The van der Waals surface area contributed by atoms with Gasteiger partial charge in [-0.3, -0.25) is 4.98 Å². The average Bonchev–Trinajstić information content (AvgIpc) is 2.16. The number of hydrogen-bond donors (Lipinski definition) is 1. The van der Waals surface area contributed by atoms with Crippen molar-refractivity contribution < 1.29 is 9.90 Å². The Kier molecular flexibility index (Phi) is 1.93. The van der Waals surface area contributed by atoms with Crippen LogP contribution in [0.2, 0.25) is 0 Å². The highest BCUT2D eigenvalue weighted by Crippen LogP contribution is 2.14. The molecule has 3 nitrogen and oxygen atoms in total. The lowest BCUT2D eigenvalue weighted by Gasteiger charge is -1.99. The summed E-state index contributed by atoms with van der Waals surface area (Å²) in [5.41, 5.74) is 2.17. The Morgan fingerprint density at radius 1 is 1.36 bits per heavy atom. The number of hydrogen-bond acceptors (Lipinski definition) is 2. The van der Waals surface area contributed by atoms with Gasteiger partial charge in [-0.1, -0.05) is 12.1 Å². The van der Waals surface area contributed by atoms with Crippen molar-refractivity contribution in [3.05, 3.63) is 41.6 Å². The molecule has 0 saturated heterocycles. The van der Waals surface area contributed by atoms with Gasteiger partial charge in [-0.05, 0) is 24.6 Å². The molecule has 1 aromatic carbocycles. The van der Waals surface area contributed by atoms with Gasteiger partial charge in [0.1, 0.15) is 0 Å². The average molecular weight is 187 g/mol. The smallest absolute Gasteiger partial charge is 0.337 e. The summed E-state index contributed by atoms with van der Waals surface area (Å²) >= 11 is 0. The maximum Gasteiger partial charge on any atom is 0.337 e. The van der Waals surface area contributed by atoms with Crippen molar-refractivity contribution >= 4 is 16.9 Å². The highest BCUT2D eigenvalue weighted by molar-refractivity contribution is 5.92. The summed E-state index contributed by atoms with van der Waals surface area (Å²) < 4.78 is 0. The van der Waals surface area contributed by atoms with Gasteiger partial charge in [0.15, 0.2) is 0 Å². The predicted octanol–water partition coefficient (Wildman–Crippen LogP) is 2.24. The summed E-state index contributed by atoms with van der Waals surface area (Å²) in [5, 5.41) is 9.62. The van der Waals surface area contributed by atoms with Crippen molar-refractivity contribution in [2.24, 2.45) is 0 Å². The van der Waals surface area contributed by atoms with Crippen molar-refractivity contribution in [3.8, 4) is 0 Å². The number of carboxylic acids is 1. The highest BCUT2D eigenvalue weighted by atomic mass is 16.4. The van der Waals surface area contributed by atoms with Crippen molar-refractivity contribution in [2.75, 3.05) is 0 Å². The van der Waals surface area contributed by atoms with Crippen molar-refractivity contribution in [2.45, 2.75) is 6.92 Å². The molecule has 0 aliphatic heterocycles. The van der Waals surface area contributed by atoms with Crippen LogP contribution in [0.5, 0.6) is 0 Å². The Labute approximate surface area is 81.0 Å². The Bertz CT molecular complexity index is 506. The molecule has 1 N–H and O–H groups in total. The quantitative estimate of drug-likeness (QED) is 0.744. The highest BCUT2D eigenvalue weighted by Gasteiger charge is 2.03. The lowest BCUT2D eigenvalue weighted by atomic mass is 10.1. The van der Waals surface area contributed by atoms with Gasteiger partial charge in [0.2, 0.25) is 0 Å². The molecule has 70 valence electrons. The molecule has 0 bridgehead atoms. The van der Waals surface area contributed by atoms with Gasteiger partial charge in [-0.15, -0.1) is 0 Å². The normalized spacial score (nSPS) is 10.4. The van der Waals surface area contributed by atoms with Crippen molar-refractivity contribution in [1.82, 2.24) is 4.98 Å². The lowest BCUT2D eigenvalue weighted by Crippen LogP contribution is -1.96. The maximum atomic E-state index is 10.7. The van der Waals surface area contributed by atoms with E-state index in [9.17, 15) is 4.79 Å². The van der Waals surface area contributed by atoms with Crippen LogP contribution in [0, 0.1) is 6.92 Å². The summed E-state index contributed by atoms with van der Waals surface area (Å²) in [6.07, 6.45) is 1.38. The minimum absolute atomic E-state index is 0.223. The minimum atomic E-state index is -0.944. The molecule has 0 amide bonds. The molecular weight excluding hydrogens is 178 g/mol. The van der Waals surface area contributed by atoms with Crippen molar-refractivity contribution in [1.29, 1.82) is 0 Å². The summed E-state index contributed by atoms with van der Waals surface area (Å²) in [4.78, 5) is 14.8. The van der Waals surface area contributed by atoms with Crippen LogP contribution in [0.1, 0.15) is 15.9 Å². The van der Waals surface area contributed by atoms with E-state index in [0.29, 0.717) is 0 Å². The molecular formula is C11H9NO2. The number of pyridine rings is 1. The van der Waals surface area contributed by atoms with Gasteiger partial charge >= 0.3 is 5.97 Å². The first kappa shape index (κ1) is 8.69. The molecule has 2 rings (SSSR count). The van der Waals surface area contributed by atoms with E-state index in [1.165, 1.54) is 6.20 Å². The fourth-order valence-corrected chi connectivity index (χ4v) is 1.35. The zero-order valence-corrected chi connectivity index (χ0v) is 7.69. The number of fused-ring (bicyclic) bond motifs is 1.